The molecule has 0 saturated carbocycles. The lowest BCUT2D eigenvalue weighted by Gasteiger charge is -2.22. The molecule has 0 spiro atoms. The van der Waals surface area contributed by atoms with E-state index in [2.05, 4.69) is 10.6 Å². The standard InChI is InChI=1S/C20H22Cl2N2O3/c1-4-27-15-8-6-14(7-9-15)23-20(26)18(12(2)3)24-19(25)16-10-5-13(21)11-17(16)22/h5-12,18H,4H2,1-3H3,(H,23,26)(H,24,25)/t18-/m0/s1. The monoisotopic (exact) mass is 408 g/mol. The number of amides is 2. The quantitative estimate of drug-likeness (QED) is 0.691. The molecule has 2 aromatic carbocycles. The van der Waals surface area contributed by atoms with Gasteiger partial charge in [-0.15, -0.1) is 0 Å². The Kier molecular flexibility index (Phi) is 7.51. The molecule has 7 heteroatoms. The van der Waals surface area contributed by atoms with Crippen LogP contribution in [0.15, 0.2) is 42.5 Å². The van der Waals surface area contributed by atoms with Crippen LogP contribution in [0.4, 0.5) is 5.69 Å². The summed E-state index contributed by atoms with van der Waals surface area (Å²) >= 11 is 11.9. The number of hydrogen-bond donors (Lipinski definition) is 2. The van der Waals surface area contributed by atoms with E-state index >= 15 is 0 Å². The lowest BCUT2D eigenvalue weighted by molar-refractivity contribution is -0.118. The number of anilines is 1. The SMILES string of the molecule is CCOc1ccc(NC(=O)[C@@H](NC(=O)c2ccc(Cl)cc2Cl)C(C)C)cc1. The summed E-state index contributed by atoms with van der Waals surface area (Å²) in [5.74, 6) is -0.144. The molecule has 5 nitrogen and oxygen atoms in total. The predicted octanol–water partition coefficient (Wildman–Crippen LogP) is 4.79. The second kappa shape index (κ2) is 9.62. The van der Waals surface area contributed by atoms with Crippen molar-refractivity contribution in [3.05, 3.63) is 58.1 Å². The summed E-state index contributed by atoms with van der Waals surface area (Å²) in [6.07, 6.45) is 0. The third-order valence-corrected chi connectivity index (χ3v) is 4.39. The lowest BCUT2D eigenvalue weighted by atomic mass is 10.0. The van der Waals surface area contributed by atoms with E-state index in [4.69, 9.17) is 27.9 Å². The van der Waals surface area contributed by atoms with Crippen molar-refractivity contribution in [1.82, 2.24) is 5.32 Å². The molecule has 2 rings (SSSR count). The molecule has 0 bridgehead atoms. The number of carbonyl (C=O) groups is 2. The Bertz CT molecular complexity index is 807. The summed E-state index contributed by atoms with van der Waals surface area (Å²) in [7, 11) is 0. The molecule has 2 amide bonds. The molecule has 0 heterocycles. The van der Waals surface area contributed by atoms with Gasteiger partial charge in [-0.3, -0.25) is 9.59 Å². The minimum absolute atomic E-state index is 0.122. The Balaban J connectivity index is 2.09. The molecule has 27 heavy (non-hydrogen) atoms. The van der Waals surface area contributed by atoms with Crippen LogP contribution >= 0.6 is 23.2 Å². The van der Waals surface area contributed by atoms with E-state index in [-0.39, 0.29) is 22.4 Å². The van der Waals surface area contributed by atoms with E-state index in [0.29, 0.717) is 17.3 Å². The Hall–Kier alpha value is -2.24. The van der Waals surface area contributed by atoms with Crippen molar-refractivity contribution in [3.63, 3.8) is 0 Å². The number of halogens is 2. The zero-order chi connectivity index (χ0) is 20.0. The first kappa shape index (κ1) is 21.1. The van der Waals surface area contributed by atoms with Crippen molar-refractivity contribution in [1.29, 1.82) is 0 Å². The molecule has 0 radical (unpaired) electrons. The van der Waals surface area contributed by atoms with Crippen molar-refractivity contribution in [2.75, 3.05) is 11.9 Å². The normalized spacial score (nSPS) is 11.8. The van der Waals surface area contributed by atoms with Gasteiger partial charge in [-0.25, -0.2) is 0 Å². The highest BCUT2D eigenvalue weighted by Gasteiger charge is 2.25. The molecule has 144 valence electrons. The van der Waals surface area contributed by atoms with Crippen LogP contribution in [-0.4, -0.2) is 24.5 Å². The Morgan fingerprint density at radius 1 is 1.07 bits per heavy atom. The minimum atomic E-state index is -0.726. The molecule has 0 aromatic heterocycles. The minimum Gasteiger partial charge on any atom is -0.494 e. The maximum absolute atomic E-state index is 12.7. The van der Waals surface area contributed by atoms with Gasteiger partial charge in [-0.05, 0) is 55.3 Å². The molecule has 0 saturated heterocycles. The van der Waals surface area contributed by atoms with Crippen LogP contribution in [0.2, 0.25) is 10.0 Å². The van der Waals surface area contributed by atoms with Crippen molar-refractivity contribution in [2.24, 2.45) is 5.92 Å². The van der Waals surface area contributed by atoms with Gasteiger partial charge in [0, 0.05) is 10.7 Å². The van der Waals surface area contributed by atoms with E-state index in [0.717, 1.165) is 5.75 Å². The fourth-order valence-electron chi connectivity index (χ4n) is 2.45. The summed E-state index contributed by atoms with van der Waals surface area (Å²) < 4.78 is 5.38. The zero-order valence-electron chi connectivity index (χ0n) is 15.4. The number of rotatable bonds is 7. The van der Waals surface area contributed by atoms with Gasteiger partial charge >= 0.3 is 0 Å². The smallest absolute Gasteiger partial charge is 0.253 e. The molecule has 1 atom stereocenters. The third-order valence-electron chi connectivity index (χ3n) is 3.84. The average molecular weight is 409 g/mol. The van der Waals surface area contributed by atoms with E-state index < -0.39 is 11.9 Å². The van der Waals surface area contributed by atoms with E-state index in [1.54, 1.807) is 30.3 Å². The topological polar surface area (TPSA) is 67.4 Å². The summed E-state index contributed by atoms with van der Waals surface area (Å²) in [6, 6.07) is 10.9. The van der Waals surface area contributed by atoms with E-state index in [1.807, 2.05) is 20.8 Å². The number of carbonyl (C=O) groups excluding carboxylic acids is 2. The van der Waals surface area contributed by atoms with Crippen molar-refractivity contribution < 1.29 is 14.3 Å². The van der Waals surface area contributed by atoms with Gasteiger partial charge in [-0.2, -0.15) is 0 Å². The van der Waals surface area contributed by atoms with Gasteiger partial charge < -0.3 is 15.4 Å². The molecular weight excluding hydrogens is 387 g/mol. The number of nitrogens with one attached hydrogen (secondary N) is 2. The van der Waals surface area contributed by atoms with Crippen LogP contribution in [0, 0.1) is 5.92 Å². The van der Waals surface area contributed by atoms with Gasteiger partial charge in [0.15, 0.2) is 0 Å². The molecule has 0 unspecified atom stereocenters. The van der Waals surface area contributed by atoms with Crippen LogP contribution in [-0.2, 0) is 4.79 Å². The second-order valence-electron chi connectivity index (χ2n) is 6.27. The highest BCUT2D eigenvalue weighted by Crippen LogP contribution is 2.21. The fraction of sp³-hybridized carbons (Fsp3) is 0.300. The number of hydrogen-bond acceptors (Lipinski definition) is 3. The van der Waals surface area contributed by atoms with Gasteiger partial charge in [0.25, 0.3) is 5.91 Å². The van der Waals surface area contributed by atoms with Crippen LogP contribution in [0.3, 0.4) is 0 Å². The number of ether oxygens (including phenoxy) is 1. The largest absolute Gasteiger partial charge is 0.494 e. The molecule has 0 fully saturated rings. The first-order chi connectivity index (χ1) is 12.8. The van der Waals surface area contributed by atoms with Crippen molar-refractivity contribution in [3.8, 4) is 5.75 Å². The van der Waals surface area contributed by atoms with Crippen molar-refractivity contribution >= 4 is 40.7 Å². The Labute approximate surface area is 169 Å². The van der Waals surface area contributed by atoms with Gasteiger partial charge in [0.2, 0.25) is 5.91 Å². The van der Waals surface area contributed by atoms with E-state index in [1.165, 1.54) is 12.1 Å². The lowest BCUT2D eigenvalue weighted by Crippen LogP contribution is -2.47. The zero-order valence-corrected chi connectivity index (χ0v) is 16.9. The highest BCUT2D eigenvalue weighted by atomic mass is 35.5. The summed E-state index contributed by atoms with van der Waals surface area (Å²) in [4.78, 5) is 25.2. The molecule has 0 aliphatic carbocycles. The van der Waals surface area contributed by atoms with Gasteiger partial charge in [0.1, 0.15) is 11.8 Å². The molecule has 2 aromatic rings. The van der Waals surface area contributed by atoms with Crippen LogP contribution in [0.1, 0.15) is 31.1 Å². The van der Waals surface area contributed by atoms with Crippen molar-refractivity contribution in [2.45, 2.75) is 26.8 Å². The first-order valence-electron chi connectivity index (χ1n) is 8.61. The Morgan fingerprint density at radius 3 is 2.30 bits per heavy atom. The second-order valence-corrected chi connectivity index (χ2v) is 7.11. The molecule has 0 aliphatic heterocycles. The predicted molar refractivity (Wildman–Crippen MR) is 109 cm³/mol. The maximum Gasteiger partial charge on any atom is 0.253 e. The first-order valence-corrected chi connectivity index (χ1v) is 9.37. The summed E-state index contributed by atoms with van der Waals surface area (Å²) in [5, 5.41) is 6.22. The van der Waals surface area contributed by atoms with E-state index in [9.17, 15) is 9.59 Å². The molecule has 0 aliphatic rings. The summed E-state index contributed by atoms with van der Waals surface area (Å²) in [5.41, 5.74) is 0.883. The Morgan fingerprint density at radius 2 is 1.74 bits per heavy atom. The van der Waals surface area contributed by atoms with Crippen LogP contribution in [0.25, 0.3) is 0 Å². The number of benzene rings is 2. The molecule has 2 N–H and O–H groups in total. The van der Waals surface area contributed by atoms with Crippen LogP contribution < -0.4 is 15.4 Å². The molecular formula is C20H22Cl2N2O3. The third kappa shape index (κ3) is 5.88. The summed E-state index contributed by atoms with van der Waals surface area (Å²) in [6.45, 7) is 6.18. The average Bonchev–Trinajstić information content (AvgIpc) is 2.61. The fourth-order valence-corrected chi connectivity index (χ4v) is 2.94. The van der Waals surface area contributed by atoms with Gasteiger partial charge in [-0.1, -0.05) is 37.0 Å². The maximum atomic E-state index is 12.7. The highest BCUT2D eigenvalue weighted by molar-refractivity contribution is 6.36. The van der Waals surface area contributed by atoms with Crippen LogP contribution in [0.5, 0.6) is 5.75 Å². The van der Waals surface area contributed by atoms with Gasteiger partial charge in [0.05, 0.1) is 17.2 Å².